The molecule has 0 aliphatic carbocycles. The SMILES string of the molecule is CCC(CC)NC(=O)C1CN(C(=O)COc2ccc3c(c2)CCC(=O)N3)c2ccccc2O1. The Hall–Kier alpha value is -3.55. The van der Waals surface area contributed by atoms with Gasteiger partial charge in [0.05, 0.1) is 12.2 Å². The van der Waals surface area contributed by atoms with Crippen molar-refractivity contribution in [2.45, 2.75) is 51.7 Å². The molecule has 0 radical (unpaired) electrons. The maximum atomic E-state index is 13.1. The molecule has 0 saturated heterocycles. The van der Waals surface area contributed by atoms with Gasteiger partial charge in [0.2, 0.25) is 5.91 Å². The number of hydrogen-bond acceptors (Lipinski definition) is 5. The fourth-order valence-corrected chi connectivity index (χ4v) is 4.07. The molecular formula is C25H29N3O5. The van der Waals surface area contributed by atoms with Crippen LogP contribution in [0.3, 0.4) is 0 Å². The second-order valence-corrected chi connectivity index (χ2v) is 8.26. The zero-order chi connectivity index (χ0) is 23.4. The van der Waals surface area contributed by atoms with Crippen molar-refractivity contribution in [3.05, 3.63) is 48.0 Å². The lowest BCUT2D eigenvalue weighted by Gasteiger charge is -2.34. The molecule has 33 heavy (non-hydrogen) atoms. The third-order valence-corrected chi connectivity index (χ3v) is 6.03. The van der Waals surface area contributed by atoms with Gasteiger partial charge in [-0.3, -0.25) is 14.4 Å². The first-order valence-corrected chi connectivity index (χ1v) is 11.4. The third kappa shape index (κ3) is 5.10. The number of para-hydroxylation sites is 2. The van der Waals surface area contributed by atoms with Crippen molar-refractivity contribution in [1.29, 1.82) is 0 Å². The summed E-state index contributed by atoms with van der Waals surface area (Å²) < 4.78 is 11.7. The van der Waals surface area contributed by atoms with Crippen LogP contribution in [0.15, 0.2) is 42.5 Å². The van der Waals surface area contributed by atoms with E-state index in [9.17, 15) is 14.4 Å². The predicted octanol–water partition coefficient (Wildman–Crippen LogP) is 3.05. The summed E-state index contributed by atoms with van der Waals surface area (Å²) in [6.45, 7) is 3.97. The Kier molecular flexibility index (Phi) is 6.82. The van der Waals surface area contributed by atoms with Gasteiger partial charge in [-0.05, 0) is 55.2 Å². The molecule has 2 N–H and O–H groups in total. The molecule has 3 amide bonds. The van der Waals surface area contributed by atoms with Gasteiger partial charge in [-0.1, -0.05) is 26.0 Å². The van der Waals surface area contributed by atoms with E-state index in [1.54, 1.807) is 29.2 Å². The first-order valence-electron chi connectivity index (χ1n) is 11.4. The minimum Gasteiger partial charge on any atom is -0.484 e. The largest absolute Gasteiger partial charge is 0.484 e. The highest BCUT2D eigenvalue weighted by molar-refractivity contribution is 5.98. The van der Waals surface area contributed by atoms with Crippen LogP contribution in [0.2, 0.25) is 0 Å². The van der Waals surface area contributed by atoms with Crippen LogP contribution < -0.4 is 25.0 Å². The number of rotatable bonds is 7. The van der Waals surface area contributed by atoms with Crippen molar-refractivity contribution in [3.63, 3.8) is 0 Å². The summed E-state index contributed by atoms with van der Waals surface area (Å²) in [5.74, 6) is 0.556. The van der Waals surface area contributed by atoms with E-state index < -0.39 is 6.10 Å². The number of nitrogens with zero attached hydrogens (tertiary/aromatic N) is 1. The summed E-state index contributed by atoms with van der Waals surface area (Å²) in [7, 11) is 0. The van der Waals surface area contributed by atoms with Crippen LogP contribution in [0.25, 0.3) is 0 Å². The van der Waals surface area contributed by atoms with Gasteiger partial charge >= 0.3 is 0 Å². The van der Waals surface area contributed by atoms with E-state index in [-0.39, 0.29) is 36.9 Å². The van der Waals surface area contributed by atoms with E-state index in [1.807, 2.05) is 32.0 Å². The average molecular weight is 452 g/mol. The Bertz CT molecular complexity index is 1050. The molecule has 1 atom stereocenters. The molecular weight excluding hydrogens is 422 g/mol. The molecule has 2 aromatic carbocycles. The molecule has 0 fully saturated rings. The molecule has 0 spiro atoms. The van der Waals surface area contributed by atoms with Gasteiger partial charge in [-0.25, -0.2) is 0 Å². The standard InChI is InChI=1S/C25H29N3O5/c1-3-17(4-2)26-25(31)22-14-28(20-7-5-6-8-21(20)33-22)24(30)15-32-18-10-11-19-16(13-18)9-12-23(29)27-19/h5-8,10-11,13,17,22H,3-4,9,12,14-15H2,1-2H3,(H,26,31)(H,27,29). The highest BCUT2D eigenvalue weighted by Gasteiger charge is 2.34. The highest BCUT2D eigenvalue weighted by Crippen LogP contribution is 2.33. The number of carbonyl (C=O) groups is 3. The van der Waals surface area contributed by atoms with Crippen molar-refractivity contribution >= 4 is 29.1 Å². The summed E-state index contributed by atoms with van der Waals surface area (Å²) in [4.78, 5) is 39.0. The number of fused-ring (bicyclic) bond motifs is 2. The summed E-state index contributed by atoms with van der Waals surface area (Å²) >= 11 is 0. The molecule has 0 bridgehead atoms. The molecule has 2 heterocycles. The smallest absolute Gasteiger partial charge is 0.265 e. The summed E-state index contributed by atoms with van der Waals surface area (Å²) in [6, 6.07) is 12.6. The maximum absolute atomic E-state index is 13.1. The number of carbonyl (C=O) groups excluding carboxylic acids is 3. The lowest BCUT2D eigenvalue weighted by Crippen LogP contribution is -2.53. The Balaban J connectivity index is 1.45. The van der Waals surface area contributed by atoms with E-state index in [1.165, 1.54) is 0 Å². The molecule has 8 heteroatoms. The zero-order valence-corrected chi connectivity index (χ0v) is 18.9. The summed E-state index contributed by atoms with van der Waals surface area (Å²) in [6.07, 6.45) is 1.92. The van der Waals surface area contributed by atoms with E-state index >= 15 is 0 Å². The van der Waals surface area contributed by atoms with Gasteiger partial charge in [0.15, 0.2) is 12.7 Å². The van der Waals surface area contributed by atoms with Crippen LogP contribution in [-0.2, 0) is 20.8 Å². The maximum Gasteiger partial charge on any atom is 0.265 e. The molecule has 0 saturated carbocycles. The monoisotopic (exact) mass is 451 g/mol. The highest BCUT2D eigenvalue weighted by atomic mass is 16.5. The molecule has 2 aliphatic heterocycles. The molecule has 2 aromatic rings. The number of ether oxygens (including phenoxy) is 2. The number of nitrogens with one attached hydrogen (secondary N) is 2. The fraction of sp³-hybridized carbons (Fsp3) is 0.400. The minimum atomic E-state index is -0.795. The van der Waals surface area contributed by atoms with E-state index in [2.05, 4.69) is 10.6 Å². The van der Waals surface area contributed by atoms with Gasteiger partial charge in [-0.2, -0.15) is 0 Å². The van der Waals surface area contributed by atoms with Gasteiger partial charge in [0.1, 0.15) is 11.5 Å². The molecule has 2 aliphatic rings. The van der Waals surface area contributed by atoms with Crippen LogP contribution in [0.4, 0.5) is 11.4 Å². The Morgan fingerprint density at radius 2 is 1.97 bits per heavy atom. The predicted molar refractivity (Wildman–Crippen MR) is 125 cm³/mol. The number of aryl methyl sites for hydroxylation is 1. The molecule has 174 valence electrons. The van der Waals surface area contributed by atoms with Gasteiger partial charge in [0.25, 0.3) is 11.8 Å². The lowest BCUT2D eigenvalue weighted by atomic mass is 10.0. The second-order valence-electron chi connectivity index (χ2n) is 8.26. The number of hydrogen-bond donors (Lipinski definition) is 2. The number of amides is 3. The van der Waals surface area contributed by atoms with Gasteiger partial charge in [-0.15, -0.1) is 0 Å². The van der Waals surface area contributed by atoms with Crippen LogP contribution >= 0.6 is 0 Å². The fourth-order valence-electron chi connectivity index (χ4n) is 4.07. The third-order valence-electron chi connectivity index (χ3n) is 6.03. The van der Waals surface area contributed by atoms with E-state index in [4.69, 9.17) is 9.47 Å². The van der Waals surface area contributed by atoms with Crippen molar-refractivity contribution in [2.24, 2.45) is 0 Å². The molecule has 0 aromatic heterocycles. The van der Waals surface area contributed by atoms with E-state index in [0.29, 0.717) is 30.0 Å². The van der Waals surface area contributed by atoms with E-state index in [0.717, 1.165) is 24.1 Å². The first-order chi connectivity index (χ1) is 16.0. The first kappa shape index (κ1) is 22.6. The second kappa shape index (κ2) is 9.94. The van der Waals surface area contributed by atoms with Crippen LogP contribution in [0.5, 0.6) is 11.5 Å². The number of anilines is 2. The summed E-state index contributed by atoms with van der Waals surface area (Å²) in [5, 5.41) is 5.83. The van der Waals surface area contributed by atoms with Gasteiger partial charge in [0, 0.05) is 18.2 Å². The van der Waals surface area contributed by atoms with Crippen LogP contribution in [0.1, 0.15) is 38.7 Å². The van der Waals surface area contributed by atoms with Crippen molar-refractivity contribution < 1.29 is 23.9 Å². The zero-order valence-electron chi connectivity index (χ0n) is 18.9. The molecule has 4 rings (SSSR count). The average Bonchev–Trinajstić information content (AvgIpc) is 2.84. The Morgan fingerprint density at radius 3 is 2.76 bits per heavy atom. The molecule has 1 unspecified atom stereocenters. The summed E-state index contributed by atoms with van der Waals surface area (Å²) in [5.41, 5.74) is 2.37. The quantitative estimate of drug-likeness (QED) is 0.675. The van der Waals surface area contributed by atoms with Crippen molar-refractivity contribution in [1.82, 2.24) is 5.32 Å². The van der Waals surface area contributed by atoms with Crippen molar-refractivity contribution in [2.75, 3.05) is 23.4 Å². The minimum absolute atomic E-state index is 0.000106. The normalized spacial score (nSPS) is 16.9. The van der Waals surface area contributed by atoms with Gasteiger partial charge < -0.3 is 25.0 Å². The van der Waals surface area contributed by atoms with Crippen LogP contribution in [0, 0.1) is 0 Å². The number of benzene rings is 2. The van der Waals surface area contributed by atoms with Crippen LogP contribution in [-0.4, -0.2) is 43.0 Å². The Morgan fingerprint density at radius 1 is 1.18 bits per heavy atom. The lowest BCUT2D eigenvalue weighted by molar-refractivity contribution is -0.129. The molecule has 8 nitrogen and oxygen atoms in total. The topological polar surface area (TPSA) is 97.0 Å². The van der Waals surface area contributed by atoms with Crippen molar-refractivity contribution in [3.8, 4) is 11.5 Å². The Labute approximate surface area is 193 Å².